The maximum absolute atomic E-state index is 12.6. The summed E-state index contributed by atoms with van der Waals surface area (Å²) in [6.45, 7) is 2.46. The second kappa shape index (κ2) is 6.51. The first-order valence-corrected chi connectivity index (χ1v) is 10.0. The summed E-state index contributed by atoms with van der Waals surface area (Å²) in [6, 6.07) is 6.28. The summed E-state index contributed by atoms with van der Waals surface area (Å²) in [5, 5.41) is 0. The molecule has 1 aliphatic heterocycles. The van der Waals surface area contributed by atoms with Crippen LogP contribution < -0.4 is 10.3 Å². The average molecular weight is 389 g/mol. The van der Waals surface area contributed by atoms with E-state index in [1.54, 1.807) is 19.2 Å². The highest BCUT2D eigenvalue weighted by Crippen LogP contribution is 2.30. The van der Waals surface area contributed by atoms with Crippen LogP contribution in [0.15, 0.2) is 33.3 Å². The standard InChI is InChI=1S/C15H17ClN2O4S2/c1-10-7-12(8-14(19)17(10)2)22-11-5-6-18(9-11)24(20,21)15-4-3-13(16)23-15/h3-4,7-8,11H,5-6,9H2,1-2H3/t11-/m0/s1. The van der Waals surface area contributed by atoms with Crippen molar-refractivity contribution in [2.45, 2.75) is 23.7 Å². The van der Waals surface area contributed by atoms with E-state index in [9.17, 15) is 13.2 Å². The zero-order chi connectivity index (χ0) is 17.5. The van der Waals surface area contributed by atoms with Crippen LogP contribution in [0.2, 0.25) is 4.34 Å². The number of sulfonamides is 1. The Balaban J connectivity index is 1.73. The van der Waals surface area contributed by atoms with Gasteiger partial charge in [-0.3, -0.25) is 4.79 Å². The van der Waals surface area contributed by atoms with Crippen molar-refractivity contribution in [2.24, 2.45) is 7.05 Å². The smallest absolute Gasteiger partial charge is 0.254 e. The van der Waals surface area contributed by atoms with E-state index in [2.05, 4.69) is 0 Å². The van der Waals surface area contributed by atoms with Gasteiger partial charge in [-0.2, -0.15) is 4.31 Å². The molecule has 6 nitrogen and oxygen atoms in total. The minimum atomic E-state index is -3.54. The highest BCUT2D eigenvalue weighted by atomic mass is 35.5. The van der Waals surface area contributed by atoms with Gasteiger partial charge in [0.15, 0.2) is 0 Å². The third-order valence-corrected chi connectivity index (χ3v) is 7.59. The van der Waals surface area contributed by atoms with Crippen LogP contribution in [0.25, 0.3) is 0 Å². The molecule has 24 heavy (non-hydrogen) atoms. The molecule has 1 atom stereocenters. The Morgan fingerprint density at radius 1 is 1.33 bits per heavy atom. The predicted octanol–water partition coefficient (Wildman–Crippen LogP) is 2.25. The molecule has 0 bridgehead atoms. The number of nitrogens with zero attached hydrogens (tertiary/aromatic N) is 2. The van der Waals surface area contributed by atoms with Crippen molar-refractivity contribution >= 4 is 33.0 Å². The molecule has 9 heteroatoms. The fraction of sp³-hybridized carbons (Fsp3) is 0.400. The maximum atomic E-state index is 12.6. The number of thiophene rings is 1. The Kier molecular flexibility index (Phi) is 4.74. The van der Waals surface area contributed by atoms with Crippen LogP contribution in [-0.4, -0.2) is 36.5 Å². The highest BCUT2D eigenvalue weighted by molar-refractivity contribution is 7.91. The molecule has 0 amide bonds. The number of hydrogen-bond acceptors (Lipinski definition) is 5. The van der Waals surface area contributed by atoms with E-state index < -0.39 is 10.0 Å². The number of pyridine rings is 1. The SMILES string of the molecule is Cc1cc(O[C@H]2CCN(S(=O)(=O)c3ccc(Cl)s3)C2)cc(=O)n1C. The normalized spacial score (nSPS) is 18.9. The third kappa shape index (κ3) is 3.37. The van der Waals surface area contributed by atoms with Crippen molar-refractivity contribution in [3.05, 3.63) is 44.6 Å². The monoisotopic (exact) mass is 388 g/mol. The lowest BCUT2D eigenvalue weighted by Crippen LogP contribution is -2.30. The molecular formula is C15H17ClN2O4S2. The zero-order valence-electron chi connectivity index (χ0n) is 13.2. The summed E-state index contributed by atoms with van der Waals surface area (Å²) in [4.78, 5) is 11.8. The van der Waals surface area contributed by atoms with Crippen LogP contribution in [0.5, 0.6) is 5.75 Å². The van der Waals surface area contributed by atoms with Gasteiger partial charge in [0.25, 0.3) is 15.6 Å². The molecule has 130 valence electrons. The molecular weight excluding hydrogens is 372 g/mol. The van der Waals surface area contributed by atoms with Gasteiger partial charge in [0.2, 0.25) is 0 Å². The Morgan fingerprint density at radius 2 is 2.08 bits per heavy atom. The molecule has 1 fully saturated rings. The first-order valence-electron chi connectivity index (χ1n) is 7.37. The Labute approximate surface area is 149 Å². The van der Waals surface area contributed by atoms with Crippen LogP contribution in [-0.2, 0) is 17.1 Å². The van der Waals surface area contributed by atoms with Gasteiger partial charge in [-0.1, -0.05) is 11.6 Å². The van der Waals surface area contributed by atoms with Gasteiger partial charge < -0.3 is 9.30 Å². The number of aromatic nitrogens is 1. The number of hydrogen-bond donors (Lipinski definition) is 0. The van der Waals surface area contributed by atoms with Crippen molar-refractivity contribution in [2.75, 3.05) is 13.1 Å². The Morgan fingerprint density at radius 3 is 2.71 bits per heavy atom. The lowest BCUT2D eigenvalue weighted by Gasteiger charge is -2.17. The van der Waals surface area contributed by atoms with Crippen molar-refractivity contribution in [1.82, 2.24) is 8.87 Å². The molecule has 0 N–H and O–H groups in total. The van der Waals surface area contributed by atoms with Crippen molar-refractivity contribution in [3.63, 3.8) is 0 Å². The summed E-state index contributed by atoms with van der Waals surface area (Å²) < 4.78 is 34.5. The minimum absolute atomic E-state index is 0.152. The lowest BCUT2D eigenvalue weighted by molar-refractivity contribution is 0.214. The second-order valence-electron chi connectivity index (χ2n) is 5.68. The molecule has 0 radical (unpaired) electrons. The van der Waals surface area contributed by atoms with E-state index in [0.717, 1.165) is 17.0 Å². The number of halogens is 1. The number of aryl methyl sites for hydroxylation is 1. The molecule has 0 spiro atoms. The Bertz CT molecular complexity index is 920. The topological polar surface area (TPSA) is 68.6 Å². The zero-order valence-corrected chi connectivity index (χ0v) is 15.6. The summed E-state index contributed by atoms with van der Waals surface area (Å²) in [5.74, 6) is 0.471. The highest BCUT2D eigenvalue weighted by Gasteiger charge is 2.34. The molecule has 3 rings (SSSR count). The second-order valence-corrected chi connectivity index (χ2v) is 9.56. The molecule has 1 aliphatic rings. The van der Waals surface area contributed by atoms with E-state index in [4.69, 9.17) is 16.3 Å². The van der Waals surface area contributed by atoms with Crippen LogP contribution in [0.1, 0.15) is 12.1 Å². The lowest BCUT2D eigenvalue weighted by atomic mass is 10.3. The summed E-state index contributed by atoms with van der Waals surface area (Å²) in [7, 11) is -1.85. The van der Waals surface area contributed by atoms with Gasteiger partial charge in [-0.15, -0.1) is 11.3 Å². The van der Waals surface area contributed by atoms with Gasteiger partial charge in [0.1, 0.15) is 16.1 Å². The van der Waals surface area contributed by atoms with E-state index >= 15 is 0 Å². The fourth-order valence-corrected chi connectivity index (χ4v) is 5.70. The summed E-state index contributed by atoms with van der Waals surface area (Å²) in [6.07, 6.45) is 0.300. The predicted molar refractivity (Wildman–Crippen MR) is 93.5 cm³/mol. The number of ether oxygens (including phenoxy) is 1. The largest absolute Gasteiger partial charge is 0.489 e. The van der Waals surface area contributed by atoms with Crippen LogP contribution in [0.4, 0.5) is 0 Å². The van der Waals surface area contributed by atoms with E-state index in [1.165, 1.54) is 21.0 Å². The Hall–Kier alpha value is -1.35. The van der Waals surface area contributed by atoms with E-state index in [0.29, 0.717) is 23.1 Å². The van der Waals surface area contributed by atoms with Crippen LogP contribution >= 0.6 is 22.9 Å². The minimum Gasteiger partial charge on any atom is -0.489 e. The molecule has 2 aromatic rings. The molecule has 2 aromatic heterocycles. The van der Waals surface area contributed by atoms with E-state index in [1.807, 2.05) is 6.92 Å². The molecule has 3 heterocycles. The first-order chi connectivity index (χ1) is 11.3. The summed E-state index contributed by atoms with van der Waals surface area (Å²) >= 11 is 6.87. The molecule has 1 saturated heterocycles. The average Bonchev–Trinajstić information content (AvgIpc) is 3.14. The maximum Gasteiger partial charge on any atom is 0.254 e. The molecule has 0 aliphatic carbocycles. The van der Waals surface area contributed by atoms with Crippen molar-refractivity contribution in [1.29, 1.82) is 0 Å². The molecule has 0 aromatic carbocycles. The van der Waals surface area contributed by atoms with Gasteiger partial charge in [-0.05, 0) is 31.5 Å². The van der Waals surface area contributed by atoms with Crippen molar-refractivity contribution < 1.29 is 13.2 Å². The quantitative estimate of drug-likeness (QED) is 0.805. The third-order valence-electron chi connectivity index (χ3n) is 4.03. The van der Waals surface area contributed by atoms with Crippen LogP contribution in [0.3, 0.4) is 0 Å². The summed E-state index contributed by atoms with van der Waals surface area (Å²) in [5.41, 5.74) is 0.633. The number of rotatable bonds is 4. The van der Waals surface area contributed by atoms with E-state index in [-0.39, 0.29) is 22.4 Å². The van der Waals surface area contributed by atoms with Crippen molar-refractivity contribution in [3.8, 4) is 5.75 Å². The first kappa shape index (κ1) is 17.5. The van der Waals surface area contributed by atoms with Gasteiger partial charge in [0.05, 0.1) is 10.9 Å². The van der Waals surface area contributed by atoms with Gasteiger partial charge in [-0.25, -0.2) is 8.42 Å². The van der Waals surface area contributed by atoms with Gasteiger partial charge >= 0.3 is 0 Å². The molecule has 0 unspecified atom stereocenters. The fourth-order valence-electron chi connectivity index (χ4n) is 2.57. The van der Waals surface area contributed by atoms with Gasteiger partial charge in [0, 0.05) is 25.4 Å². The molecule has 0 saturated carbocycles. The van der Waals surface area contributed by atoms with Crippen LogP contribution in [0, 0.1) is 6.92 Å².